The van der Waals surface area contributed by atoms with Gasteiger partial charge in [0, 0.05) is 31.8 Å². The molecule has 3 atom stereocenters. The van der Waals surface area contributed by atoms with E-state index in [0.29, 0.717) is 32.7 Å². The van der Waals surface area contributed by atoms with Gasteiger partial charge in [0.05, 0.1) is 32.0 Å². The number of allylic oxidation sites excluding steroid dienone is 2. The molecule has 1 N–H and O–H groups in total. The van der Waals surface area contributed by atoms with Crippen molar-refractivity contribution in [2.75, 3.05) is 26.3 Å². The number of nitrogens with zero attached hydrogens (tertiary/aromatic N) is 1. The van der Waals surface area contributed by atoms with Crippen molar-refractivity contribution >= 4 is 11.8 Å². The maximum absolute atomic E-state index is 13.1. The van der Waals surface area contributed by atoms with Gasteiger partial charge in [0.15, 0.2) is 5.78 Å². The molecule has 0 spiro atoms. The summed E-state index contributed by atoms with van der Waals surface area (Å²) in [6, 6.07) is 18.6. The molecular formula is C29H35NO5. The quantitative estimate of drug-likeness (QED) is 0.472. The van der Waals surface area contributed by atoms with Crippen LogP contribution in [0.3, 0.4) is 0 Å². The number of aliphatic carboxylic acids is 1. The second kappa shape index (κ2) is 12.8. The van der Waals surface area contributed by atoms with E-state index in [1.807, 2.05) is 30.4 Å². The lowest BCUT2D eigenvalue weighted by atomic mass is 9.93. The van der Waals surface area contributed by atoms with E-state index in [-0.39, 0.29) is 30.3 Å². The van der Waals surface area contributed by atoms with E-state index in [2.05, 4.69) is 41.3 Å². The summed E-state index contributed by atoms with van der Waals surface area (Å²) in [6.45, 7) is 3.34. The monoisotopic (exact) mass is 477 g/mol. The van der Waals surface area contributed by atoms with Gasteiger partial charge in [-0.2, -0.15) is 0 Å². The van der Waals surface area contributed by atoms with Gasteiger partial charge in [-0.3, -0.25) is 14.5 Å². The standard InChI is InChI=1S/C29H35NO5/c31-26-20-27(35-21-22-12-14-24(15-13-22)23-8-4-3-5-9-23)25(10-6-1-2-7-11-28(32)33)29(26)30-16-18-34-19-17-30/h1-5,8-9,12-15,25,27,29H,6-7,10-11,16-21H2,(H,32,33)/b2-1-/t25-,27-,29-/m0/s1. The van der Waals surface area contributed by atoms with Crippen molar-refractivity contribution in [3.63, 3.8) is 0 Å². The molecule has 2 aromatic rings. The number of ketones is 1. The van der Waals surface area contributed by atoms with Crippen LogP contribution in [0.1, 0.15) is 37.7 Å². The molecule has 1 heterocycles. The highest BCUT2D eigenvalue weighted by atomic mass is 16.5. The SMILES string of the molecule is O=C(O)CC/C=C\CC[C@H]1[C@@H](OCc2ccc(-c3ccccc3)cc2)CC(=O)[C@H]1N1CCOCC1. The highest BCUT2D eigenvalue weighted by Gasteiger charge is 2.45. The van der Waals surface area contributed by atoms with E-state index in [4.69, 9.17) is 14.6 Å². The molecule has 0 aromatic heterocycles. The number of Topliss-reactive ketones (excluding diaryl/α,β-unsaturated/α-hetero) is 1. The highest BCUT2D eigenvalue weighted by molar-refractivity contribution is 5.87. The van der Waals surface area contributed by atoms with Crippen LogP contribution in [0, 0.1) is 5.92 Å². The van der Waals surface area contributed by atoms with E-state index in [9.17, 15) is 9.59 Å². The first kappa shape index (κ1) is 25.3. The molecule has 1 aliphatic carbocycles. The fraction of sp³-hybridized carbons (Fsp3) is 0.448. The van der Waals surface area contributed by atoms with E-state index >= 15 is 0 Å². The van der Waals surface area contributed by atoms with Crippen LogP contribution in [-0.2, 0) is 25.7 Å². The minimum absolute atomic E-state index is 0.114. The zero-order valence-corrected chi connectivity index (χ0v) is 20.2. The molecule has 6 nitrogen and oxygen atoms in total. The number of carboxylic acids is 1. The molecular weight excluding hydrogens is 442 g/mol. The predicted molar refractivity (Wildman–Crippen MR) is 135 cm³/mol. The van der Waals surface area contributed by atoms with Gasteiger partial charge in [-0.05, 0) is 36.0 Å². The Kier molecular flexibility index (Phi) is 9.23. The number of hydrogen-bond acceptors (Lipinski definition) is 5. The Bertz CT molecular complexity index is 982. The Hall–Kier alpha value is -2.80. The first-order valence-corrected chi connectivity index (χ1v) is 12.6. The summed E-state index contributed by atoms with van der Waals surface area (Å²) in [4.78, 5) is 26.1. The minimum atomic E-state index is -0.784. The molecule has 1 saturated heterocycles. The zero-order valence-electron chi connectivity index (χ0n) is 20.2. The lowest BCUT2D eigenvalue weighted by Gasteiger charge is -2.35. The molecule has 6 heteroatoms. The molecule has 1 aliphatic heterocycles. The molecule has 35 heavy (non-hydrogen) atoms. The summed E-state index contributed by atoms with van der Waals surface area (Å²) in [5.41, 5.74) is 3.45. The number of hydrogen-bond donors (Lipinski definition) is 1. The van der Waals surface area contributed by atoms with Crippen molar-refractivity contribution in [3.05, 3.63) is 72.3 Å². The van der Waals surface area contributed by atoms with Gasteiger partial charge in [-0.15, -0.1) is 0 Å². The number of ether oxygens (including phenoxy) is 2. The van der Waals surface area contributed by atoms with Crippen molar-refractivity contribution in [3.8, 4) is 11.1 Å². The molecule has 4 rings (SSSR count). The van der Waals surface area contributed by atoms with Crippen LogP contribution in [0.5, 0.6) is 0 Å². The van der Waals surface area contributed by atoms with E-state index < -0.39 is 5.97 Å². The van der Waals surface area contributed by atoms with Gasteiger partial charge < -0.3 is 14.6 Å². The fourth-order valence-electron chi connectivity index (χ4n) is 5.13. The molecule has 0 unspecified atom stereocenters. The summed E-state index contributed by atoms with van der Waals surface area (Å²) in [5, 5.41) is 8.81. The smallest absolute Gasteiger partial charge is 0.303 e. The van der Waals surface area contributed by atoms with Crippen molar-refractivity contribution < 1.29 is 24.2 Å². The Morgan fingerprint density at radius 2 is 1.69 bits per heavy atom. The van der Waals surface area contributed by atoms with Crippen LogP contribution in [0.2, 0.25) is 0 Å². The largest absolute Gasteiger partial charge is 0.481 e. The number of benzene rings is 2. The lowest BCUT2D eigenvalue weighted by molar-refractivity contribution is -0.136. The van der Waals surface area contributed by atoms with Crippen LogP contribution < -0.4 is 0 Å². The molecule has 0 radical (unpaired) electrons. The van der Waals surface area contributed by atoms with Gasteiger partial charge in [-0.25, -0.2) is 0 Å². The Morgan fingerprint density at radius 1 is 1.00 bits per heavy atom. The predicted octanol–water partition coefficient (Wildman–Crippen LogP) is 4.73. The third kappa shape index (κ3) is 7.10. The maximum atomic E-state index is 13.1. The Morgan fingerprint density at radius 3 is 2.40 bits per heavy atom. The molecule has 0 amide bonds. The third-order valence-electron chi connectivity index (χ3n) is 6.94. The molecule has 1 saturated carbocycles. The summed E-state index contributed by atoms with van der Waals surface area (Å²) < 4.78 is 11.9. The van der Waals surface area contributed by atoms with Crippen molar-refractivity contribution in [1.29, 1.82) is 0 Å². The van der Waals surface area contributed by atoms with Crippen LogP contribution in [0.4, 0.5) is 0 Å². The van der Waals surface area contributed by atoms with Crippen molar-refractivity contribution in [2.45, 2.75) is 50.9 Å². The summed E-state index contributed by atoms with van der Waals surface area (Å²) in [7, 11) is 0. The zero-order chi connectivity index (χ0) is 24.5. The highest BCUT2D eigenvalue weighted by Crippen LogP contribution is 2.35. The molecule has 2 fully saturated rings. The van der Waals surface area contributed by atoms with Gasteiger partial charge >= 0.3 is 5.97 Å². The molecule has 0 bridgehead atoms. The van der Waals surface area contributed by atoms with Gasteiger partial charge in [-0.1, -0.05) is 66.7 Å². The summed E-state index contributed by atoms with van der Waals surface area (Å²) >= 11 is 0. The second-order valence-corrected chi connectivity index (χ2v) is 9.32. The first-order valence-electron chi connectivity index (χ1n) is 12.6. The lowest BCUT2D eigenvalue weighted by Crippen LogP contribution is -2.49. The molecule has 2 aliphatic rings. The van der Waals surface area contributed by atoms with Crippen molar-refractivity contribution in [2.24, 2.45) is 5.92 Å². The van der Waals surface area contributed by atoms with Gasteiger partial charge in [0.1, 0.15) is 0 Å². The van der Waals surface area contributed by atoms with Crippen molar-refractivity contribution in [1.82, 2.24) is 4.90 Å². The van der Waals surface area contributed by atoms with E-state index in [1.165, 1.54) is 11.1 Å². The first-order chi connectivity index (χ1) is 17.1. The molecule has 2 aromatic carbocycles. The summed E-state index contributed by atoms with van der Waals surface area (Å²) in [6.07, 6.45) is 6.63. The number of carboxylic acid groups (broad SMARTS) is 1. The number of carbonyl (C=O) groups is 2. The van der Waals surface area contributed by atoms with Gasteiger partial charge in [0.2, 0.25) is 0 Å². The Balaban J connectivity index is 1.38. The minimum Gasteiger partial charge on any atom is -0.481 e. The fourth-order valence-corrected chi connectivity index (χ4v) is 5.13. The average Bonchev–Trinajstić information content (AvgIpc) is 3.20. The Labute approximate surface area is 207 Å². The second-order valence-electron chi connectivity index (χ2n) is 9.32. The number of rotatable bonds is 11. The van der Waals surface area contributed by atoms with Crippen LogP contribution in [0.25, 0.3) is 11.1 Å². The summed E-state index contributed by atoms with van der Waals surface area (Å²) in [5.74, 6) is -0.404. The third-order valence-corrected chi connectivity index (χ3v) is 6.94. The van der Waals surface area contributed by atoms with Crippen LogP contribution in [-0.4, -0.2) is 60.2 Å². The number of morpholine rings is 1. The molecule has 186 valence electrons. The van der Waals surface area contributed by atoms with Crippen LogP contribution in [0.15, 0.2) is 66.7 Å². The normalized spacial score (nSPS) is 23.2. The topological polar surface area (TPSA) is 76.1 Å². The average molecular weight is 478 g/mol. The number of carbonyl (C=O) groups excluding carboxylic acids is 1. The van der Waals surface area contributed by atoms with Crippen LogP contribution >= 0.6 is 0 Å². The van der Waals surface area contributed by atoms with E-state index in [1.54, 1.807) is 0 Å². The van der Waals surface area contributed by atoms with Gasteiger partial charge in [0.25, 0.3) is 0 Å². The maximum Gasteiger partial charge on any atom is 0.303 e. The van der Waals surface area contributed by atoms with E-state index in [0.717, 1.165) is 31.5 Å².